The van der Waals surface area contributed by atoms with Crippen LogP contribution in [0, 0.1) is 0 Å². The fraction of sp³-hybridized carbons (Fsp3) is 0.529. The molecule has 0 saturated carbocycles. The van der Waals surface area contributed by atoms with Crippen LogP contribution in [0.3, 0.4) is 0 Å². The van der Waals surface area contributed by atoms with Crippen LogP contribution in [0.2, 0.25) is 0 Å². The summed E-state index contributed by atoms with van der Waals surface area (Å²) in [7, 11) is 0. The number of aliphatic carboxylic acids is 1. The molecule has 0 unspecified atom stereocenters. The van der Waals surface area contributed by atoms with E-state index >= 15 is 0 Å². The van der Waals surface area contributed by atoms with Gasteiger partial charge < -0.3 is 14.7 Å². The highest BCUT2D eigenvalue weighted by Crippen LogP contribution is 2.17. The van der Waals surface area contributed by atoms with Gasteiger partial charge in [-0.1, -0.05) is 30.3 Å². The van der Waals surface area contributed by atoms with Gasteiger partial charge in [0.1, 0.15) is 6.61 Å². The number of carboxylic acids is 1. The van der Waals surface area contributed by atoms with Crippen molar-refractivity contribution in [2.75, 3.05) is 26.2 Å². The van der Waals surface area contributed by atoms with Gasteiger partial charge in [-0.05, 0) is 31.9 Å². The van der Waals surface area contributed by atoms with E-state index in [9.17, 15) is 9.59 Å². The Morgan fingerprint density at radius 3 is 2.74 bits per heavy atom. The van der Waals surface area contributed by atoms with Crippen molar-refractivity contribution >= 4 is 12.1 Å². The number of amides is 1. The molecule has 0 spiro atoms. The van der Waals surface area contributed by atoms with Gasteiger partial charge in [-0.25, -0.2) is 4.79 Å². The topological polar surface area (TPSA) is 70.1 Å². The van der Waals surface area contributed by atoms with Gasteiger partial charge in [0.15, 0.2) is 0 Å². The van der Waals surface area contributed by atoms with Crippen molar-refractivity contribution in [2.45, 2.75) is 32.4 Å². The highest BCUT2D eigenvalue weighted by atomic mass is 16.6. The van der Waals surface area contributed by atoms with Gasteiger partial charge in [-0.2, -0.15) is 0 Å². The SMILES string of the molecule is CCN(C(=O)OCc1ccccc1)[C@@H]1CCCN(CC(=O)O)C1. The van der Waals surface area contributed by atoms with Gasteiger partial charge >= 0.3 is 12.1 Å². The zero-order chi connectivity index (χ0) is 16.7. The number of carbonyl (C=O) groups excluding carboxylic acids is 1. The minimum Gasteiger partial charge on any atom is -0.480 e. The first kappa shape index (κ1) is 17.3. The Hall–Kier alpha value is -2.08. The molecule has 1 aliphatic rings. The van der Waals surface area contributed by atoms with Gasteiger partial charge in [0.05, 0.1) is 6.54 Å². The highest BCUT2D eigenvalue weighted by molar-refractivity contribution is 5.69. The van der Waals surface area contributed by atoms with E-state index in [1.54, 1.807) is 4.90 Å². The van der Waals surface area contributed by atoms with Crippen LogP contribution >= 0.6 is 0 Å². The van der Waals surface area contributed by atoms with Crippen molar-refractivity contribution in [2.24, 2.45) is 0 Å². The summed E-state index contributed by atoms with van der Waals surface area (Å²) in [6, 6.07) is 9.58. The lowest BCUT2D eigenvalue weighted by molar-refractivity contribution is -0.138. The van der Waals surface area contributed by atoms with Crippen molar-refractivity contribution < 1.29 is 19.4 Å². The van der Waals surface area contributed by atoms with Gasteiger partial charge in [0.2, 0.25) is 0 Å². The second-order valence-corrected chi connectivity index (χ2v) is 5.75. The molecule has 1 amide bonds. The van der Waals surface area contributed by atoms with Crippen LogP contribution < -0.4 is 0 Å². The van der Waals surface area contributed by atoms with E-state index < -0.39 is 5.97 Å². The van der Waals surface area contributed by atoms with Crippen LogP contribution in [0.4, 0.5) is 4.79 Å². The number of likely N-dealkylation sites (N-methyl/N-ethyl adjacent to an activating group) is 1. The Balaban J connectivity index is 1.89. The summed E-state index contributed by atoms with van der Waals surface area (Å²) < 4.78 is 5.40. The predicted octanol–water partition coefficient (Wildman–Crippen LogP) is 2.19. The first-order valence-corrected chi connectivity index (χ1v) is 8.01. The van der Waals surface area contributed by atoms with E-state index in [2.05, 4.69) is 0 Å². The molecular weight excluding hydrogens is 296 g/mol. The maximum atomic E-state index is 12.3. The molecule has 1 aromatic carbocycles. The molecule has 23 heavy (non-hydrogen) atoms. The zero-order valence-electron chi connectivity index (χ0n) is 13.5. The molecule has 0 bridgehead atoms. The van der Waals surface area contributed by atoms with Crippen molar-refractivity contribution in [3.63, 3.8) is 0 Å². The van der Waals surface area contributed by atoms with E-state index in [-0.39, 0.29) is 25.3 Å². The Kier molecular flexibility index (Phi) is 6.40. The first-order chi connectivity index (χ1) is 11.1. The summed E-state index contributed by atoms with van der Waals surface area (Å²) in [5, 5.41) is 8.92. The third-order valence-corrected chi connectivity index (χ3v) is 4.06. The molecule has 1 fully saturated rings. The Morgan fingerprint density at radius 1 is 1.35 bits per heavy atom. The molecular formula is C17H24N2O4. The van der Waals surface area contributed by atoms with E-state index in [0.717, 1.165) is 24.9 Å². The number of hydrogen-bond donors (Lipinski definition) is 1. The molecule has 1 saturated heterocycles. The first-order valence-electron chi connectivity index (χ1n) is 8.01. The molecule has 1 aromatic rings. The van der Waals surface area contributed by atoms with Crippen LogP contribution in [-0.2, 0) is 16.1 Å². The summed E-state index contributed by atoms with van der Waals surface area (Å²) in [6.07, 6.45) is 1.43. The Labute approximate surface area is 136 Å². The highest BCUT2D eigenvalue weighted by Gasteiger charge is 2.29. The normalized spacial score (nSPS) is 18.4. The van der Waals surface area contributed by atoms with E-state index in [1.165, 1.54) is 0 Å². The molecule has 1 heterocycles. The van der Waals surface area contributed by atoms with Gasteiger partial charge in [-0.15, -0.1) is 0 Å². The van der Waals surface area contributed by atoms with Crippen molar-refractivity contribution in [1.29, 1.82) is 0 Å². The molecule has 126 valence electrons. The number of likely N-dealkylation sites (tertiary alicyclic amines) is 1. The van der Waals surface area contributed by atoms with E-state index in [4.69, 9.17) is 9.84 Å². The van der Waals surface area contributed by atoms with Crippen molar-refractivity contribution in [3.05, 3.63) is 35.9 Å². The molecule has 1 N–H and O–H groups in total. The number of piperidine rings is 1. The molecule has 0 aliphatic carbocycles. The summed E-state index contributed by atoms with van der Waals surface area (Å²) in [4.78, 5) is 26.8. The lowest BCUT2D eigenvalue weighted by atomic mass is 10.0. The quantitative estimate of drug-likeness (QED) is 0.870. The van der Waals surface area contributed by atoms with Crippen LogP contribution in [0.25, 0.3) is 0 Å². The van der Waals surface area contributed by atoms with Crippen LogP contribution in [0.5, 0.6) is 0 Å². The number of nitrogens with zero attached hydrogens (tertiary/aromatic N) is 2. The fourth-order valence-electron chi connectivity index (χ4n) is 2.96. The van der Waals surface area contributed by atoms with Crippen molar-refractivity contribution in [1.82, 2.24) is 9.80 Å². The number of benzene rings is 1. The average molecular weight is 320 g/mol. The molecule has 0 aromatic heterocycles. The fourth-order valence-corrected chi connectivity index (χ4v) is 2.96. The molecule has 6 nitrogen and oxygen atoms in total. The van der Waals surface area contributed by atoms with Crippen LogP contribution in [0.1, 0.15) is 25.3 Å². The smallest absolute Gasteiger partial charge is 0.410 e. The number of rotatable bonds is 6. The van der Waals surface area contributed by atoms with Gasteiger partial charge in [-0.3, -0.25) is 9.69 Å². The standard InChI is InChI=1S/C17H24N2O4/c1-2-19(15-9-6-10-18(11-15)12-16(20)21)17(22)23-13-14-7-4-3-5-8-14/h3-5,7-8,15H,2,6,9-13H2,1H3,(H,20,21)/t15-/m1/s1. The Bertz CT molecular complexity index is 521. The second kappa shape index (κ2) is 8.53. The van der Waals surface area contributed by atoms with Crippen LogP contribution in [0.15, 0.2) is 30.3 Å². The number of hydrogen-bond acceptors (Lipinski definition) is 4. The van der Waals surface area contributed by atoms with E-state index in [1.807, 2.05) is 42.2 Å². The summed E-state index contributed by atoms with van der Waals surface area (Å²) in [5.41, 5.74) is 0.952. The average Bonchev–Trinajstić information content (AvgIpc) is 2.54. The van der Waals surface area contributed by atoms with E-state index in [0.29, 0.717) is 13.1 Å². The monoisotopic (exact) mass is 320 g/mol. The summed E-state index contributed by atoms with van der Waals surface area (Å²) in [6.45, 7) is 4.09. The van der Waals surface area contributed by atoms with Gasteiger partial charge in [0, 0.05) is 19.1 Å². The molecule has 1 aliphatic heterocycles. The van der Waals surface area contributed by atoms with Gasteiger partial charge in [0.25, 0.3) is 0 Å². The minimum absolute atomic E-state index is 0.0105. The summed E-state index contributed by atoms with van der Waals surface area (Å²) in [5.74, 6) is -0.833. The number of carbonyl (C=O) groups is 2. The maximum Gasteiger partial charge on any atom is 0.410 e. The minimum atomic E-state index is -0.833. The predicted molar refractivity (Wildman–Crippen MR) is 86.1 cm³/mol. The third kappa shape index (κ3) is 5.25. The van der Waals surface area contributed by atoms with Crippen LogP contribution in [-0.4, -0.2) is 59.2 Å². The molecule has 2 rings (SSSR count). The zero-order valence-corrected chi connectivity index (χ0v) is 13.5. The second-order valence-electron chi connectivity index (χ2n) is 5.75. The lowest BCUT2D eigenvalue weighted by Crippen LogP contribution is -2.51. The summed E-state index contributed by atoms with van der Waals surface area (Å²) >= 11 is 0. The molecule has 6 heteroatoms. The number of carboxylic acid groups (broad SMARTS) is 1. The Morgan fingerprint density at radius 2 is 2.09 bits per heavy atom. The maximum absolute atomic E-state index is 12.3. The van der Waals surface area contributed by atoms with Crippen molar-refractivity contribution in [3.8, 4) is 0 Å². The largest absolute Gasteiger partial charge is 0.480 e. The third-order valence-electron chi connectivity index (χ3n) is 4.06. The lowest BCUT2D eigenvalue weighted by Gasteiger charge is -2.37. The molecule has 0 radical (unpaired) electrons. The number of ether oxygens (including phenoxy) is 1. The molecule has 1 atom stereocenters.